The van der Waals surface area contributed by atoms with Gasteiger partial charge in [0, 0.05) is 13.1 Å². The lowest BCUT2D eigenvalue weighted by Crippen LogP contribution is -2.42. The molecule has 3 heteroatoms. The molecule has 1 rings (SSSR count). The van der Waals surface area contributed by atoms with Gasteiger partial charge in [0.1, 0.15) is 0 Å². The molecule has 0 aliphatic carbocycles. The maximum Gasteiger partial charge on any atom is 0.226 e. The van der Waals surface area contributed by atoms with Gasteiger partial charge in [-0.1, -0.05) is 23.8 Å². The second-order valence-corrected chi connectivity index (χ2v) is 5.52. The number of carbonyl (C=O) groups is 1. The Labute approximate surface area is 110 Å². The van der Waals surface area contributed by atoms with Crippen molar-refractivity contribution >= 4 is 5.91 Å². The zero-order valence-electron chi connectivity index (χ0n) is 11.8. The number of hydrogen-bond donors (Lipinski definition) is 2. The van der Waals surface area contributed by atoms with Gasteiger partial charge in [-0.2, -0.15) is 0 Å². The van der Waals surface area contributed by atoms with Crippen LogP contribution in [-0.2, 0) is 11.2 Å². The fourth-order valence-corrected chi connectivity index (χ4v) is 1.71. The molecule has 0 bridgehead atoms. The van der Waals surface area contributed by atoms with Crippen LogP contribution >= 0.6 is 0 Å². The summed E-state index contributed by atoms with van der Waals surface area (Å²) in [5, 5.41) is 2.95. The fourth-order valence-electron chi connectivity index (χ4n) is 1.71. The van der Waals surface area contributed by atoms with Crippen LogP contribution in [-0.4, -0.2) is 19.0 Å². The highest BCUT2D eigenvalue weighted by molar-refractivity contribution is 5.82. The van der Waals surface area contributed by atoms with Gasteiger partial charge in [-0.3, -0.25) is 4.79 Å². The average Bonchev–Trinajstić information content (AvgIpc) is 2.33. The van der Waals surface area contributed by atoms with Crippen molar-refractivity contribution in [1.29, 1.82) is 0 Å². The Hall–Kier alpha value is -1.35. The Morgan fingerprint density at radius 2 is 2.00 bits per heavy atom. The standard InChI is InChI=1S/C15H24N2O/c1-11-5-6-12(2)13(9-11)7-8-17-14(18)15(3,4)10-16/h5-6,9H,7-8,10,16H2,1-4H3,(H,17,18). The van der Waals surface area contributed by atoms with Crippen LogP contribution in [0.1, 0.15) is 30.5 Å². The summed E-state index contributed by atoms with van der Waals surface area (Å²) in [5.74, 6) is 0.0234. The minimum absolute atomic E-state index is 0.0234. The lowest BCUT2D eigenvalue weighted by Gasteiger charge is -2.21. The van der Waals surface area contributed by atoms with Crippen molar-refractivity contribution < 1.29 is 4.79 Å². The molecule has 3 nitrogen and oxygen atoms in total. The van der Waals surface area contributed by atoms with Crippen LogP contribution in [0.15, 0.2) is 18.2 Å². The minimum atomic E-state index is -0.484. The highest BCUT2D eigenvalue weighted by Crippen LogP contribution is 2.13. The van der Waals surface area contributed by atoms with Crippen molar-refractivity contribution in [2.45, 2.75) is 34.1 Å². The first-order chi connectivity index (χ1) is 8.36. The van der Waals surface area contributed by atoms with Gasteiger partial charge in [0.15, 0.2) is 0 Å². The molecule has 0 fully saturated rings. The normalized spacial score (nSPS) is 11.4. The lowest BCUT2D eigenvalue weighted by atomic mass is 9.92. The molecular formula is C15H24N2O. The quantitative estimate of drug-likeness (QED) is 0.836. The second-order valence-electron chi connectivity index (χ2n) is 5.52. The summed E-state index contributed by atoms with van der Waals surface area (Å²) in [7, 11) is 0. The monoisotopic (exact) mass is 248 g/mol. The molecule has 1 aromatic rings. The Morgan fingerprint density at radius 3 is 2.61 bits per heavy atom. The zero-order valence-corrected chi connectivity index (χ0v) is 11.8. The molecule has 18 heavy (non-hydrogen) atoms. The van der Waals surface area contributed by atoms with Crippen LogP contribution < -0.4 is 11.1 Å². The van der Waals surface area contributed by atoms with Crippen molar-refractivity contribution in [2.24, 2.45) is 11.1 Å². The topological polar surface area (TPSA) is 55.1 Å². The van der Waals surface area contributed by atoms with Crippen molar-refractivity contribution in [3.63, 3.8) is 0 Å². The van der Waals surface area contributed by atoms with Gasteiger partial charge < -0.3 is 11.1 Å². The van der Waals surface area contributed by atoms with Crippen LogP contribution in [0.5, 0.6) is 0 Å². The number of benzene rings is 1. The van der Waals surface area contributed by atoms with Crippen molar-refractivity contribution in [3.05, 3.63) is 34.9 Å². The van der Waals surface area contributed by atoms with Gasteiger partial charge in [0.2, 0.25) is 5.91 Å². The Balaban J connectivity index is 2.52. The Morgan fingerprint density at radius 1 is 1.33 bits per heavy atom. The lowest BCUT2D eigenvalue weighted by molar-refractivity contribution is -0.128. The number of aryl methyl sites for hydroxylation is 2. The third kappa shape index (κ3) is 3.84. The van der Waals surface area contributed by atoms with Gasteiger partial charge >= 0.3 is 0 Å². The van der Waals surface area contributed by atoms with E-state index in [-0.39, 0.29) is 5.91 Å². The number of nitrogens with two attached hydrogens (primary N) is 1. The molecule has 0 aliphatic heterocycles. The summed E-state index contributed by atoms with van der Waals surface area (Å²) in [4.78, 5) is 11.8. The number of rotatable bonds is 5. The van der Waals surface area contributed by atoms with Crippen LogP contribution in [0.2, 0.25) is 0 Å². The number of hydrogen-bond acceptors (Lipinski definition) is 2. The van der Waals surface area contributed by atoms with E-state index in [1.54, 1.807) is 0 Å². The molecule has 0 heterocycles. The first-order valence-corrected chi connectivity index (χ1v) is 6.41. The Kier molecular flexibility index (Phi) is 4.91. The largest absolute Gasteiger partial charge is 0.355 e. The molecule has 0 unspecified atom stereocenters. The first kappa shape index (κ1) is 14.7. The van der Waals surface area contributed by atoms with Crippen molar-refractivity contribution in [2.75, 3.05) is 13.1 Å². The van der Waals surface area contributed by atoms with Gasteiger partial charge in [0.25, 0.3) is 0 Å². The molecule has 0 radical (unpaired) electrons. The van der Waals surface area contributed by atoms with Crippen molar-refractivity contribution in [3.8, 4) is 0 Å². The van der Waals surface area contributed by atoms with Gasteiger partial charge in [0.05, 0.1) is 5.41 Å². The molecular weight excluding hydrogens is 224 g/mol. The van der Waals surface area contributed by atoms with E-state index in [0.29, 0.717) is 13.1 Å². The minimum Gasteiger partial charge on any atom is -0.355 e. The SMILES string of the molecule is Cc1ccc(C)c(CCNC(=O)C(C)(C)CN)c1. The summed E-state index contributed by atoms with van der Waals surface area (Å²) >= 11 is 0. The molecule has 1 amide bonds. The fraction of sp³-hybridized carbons (Fsp3) is 0.533. The molecule has 100 valence electrons. The number of nitrogens with one attached hydrogen (secondary N) is 1. The van der Waals surface area contributed by atoms with Gasteiger partial charge in [-0.25, -0.2) is 0 Å². The van der Waals surface area contributed by atoms with Gasteiger partial charge in [-0.15, -0.1) is 0 Å². The molecule has 0 spiro atoms. The van der Waals surface area contributed by atoms with E-state index in [4.69, 9.17) is 5.73 Å². The van der Waals surface area contributed by atoms with Crippen LogP contribution in [0, 0.1) is 19.3 Å². The highest BCUT2D eigenvalue weighted by atomic mass is 16.2. The number of carbonyl (C=O) groups excluding carboxylic acids is 1. The maximum atomic E-state index is 11.8. The molecule has 0 saturated heterocycles. The average molecular weight is 248 g/mol. The predicted molar refractivity (Wildman–Crippen MR) is 75.5 cm³/mol. The van der Waals surface area contributed by atoms with Crippen LogP contribution in [0.25, 0.3) is 0 Å². The summed E-state index contributed by atoms with van der Waals surface area (Å²) in [6, 6.07) is 6.40. The summed E-state index contributed by atoms with van der Waals surface area (Å²) in [5.41, 5.74) is 8.91. The summed E-state index contributed by atoms with van der Waals surface area (Å²) in [6.07, 6.45) is 0.861. The van der Waals surface area contributed by atoms with E-state index in [2.05, 4.69) is 37.4 Å². The summed E-state index contributed by atoms with van der Waals surface area (Å²) < 4.78 is 0. The van der Waals surface area contributed by atoms with E-state index in [1.165, 1.54) is 16.7 Å². The van der Waals surface area contributed by atoms with Crippen LogP contribution in [0.3, 0.4) is 0 Å². The predicted octanol–water partition coefficient (Wildman–Crippen LogP) is 1.95. The molecule has 0 aliphatic rings. The second kappa shape index (κ2) is 6.01. The third-order valence-electron chi connectivity index (χ3n) is 3.31. The van der Waals surface area contributed by atoms with E-state index in [1.807, 2.05) is 13.8 Å². The molecule has 0 saturated carbocycles. The smallest absolute Gasteiger partial charge is 0.226 e. The Bertz CT molecular complexity index is 425. The van der Waals surface area contributed by atoms with E-state index >= 15 is 0 Å². The van der Waals surface area contributed by atoms with Crippen molar-refractivity contribution in [1.82, 2.24) is 5.32 Å². The molecule has 1 aromatic carbocycles. The highest BCUT2D eigenvalue weighted by Gasteiger charge is 2.24. The zero-order chi connectivity index (χ0) is 13.8. The molecule has 3 N–H and O–H groups in total. The molecule has 0 aromatic heterocycles. The maximum absolute atomic E-state index is 11.8. The molecule has 0 atom stereocenters. The summed E-state index contributed by atoms with van der Waals surface area (Å²) in [6.45, 7) is 8.93. The third-order valence-corrected chi connectivity index (χ3v) is 3.31. The van der Waals surface area contributed by atoms with Crippen LogP contribution in [0.4, 0.5) is 0 Å². The van der Waals surface area contributed by atoms with E-state index in [9.17, 15) is 4.79 Å². The first-order valence-electron chi connectivity index (χ1n) is 6.41. The van der Waals surface area contributed by atoms with E-state index < -0.39 is 5.41 Å². The number of amides is 1. The van der Waals surface area contributed by atoms with Gasteiger partial charge in [-0.05, 0) is 45.2 Å². The van der Waals surface area contributed by atoms with E-state index in [0.717, 1.165) is 6.42 Å².